The zero-order valence-electron chi connectivity index (χ0n) is 12.4. The van der Waals surface area contributed by atoms with Crippen molar-refractivity contribution in [3.63, 3.8) is 0 Å². The average molecular weight is 251 g/mol. The standard InChI is InChI=1S/C15H29N3/c1-12(2)15(11-18(3)4)17-14-9-7-5-6-8-13(14)10-16/h12-15,17H,5-9,11H2,1-4H3. The summed E-state index contributed by atoms with van der Waals surface area (Å²) in [4.78, 5) is 2.23. The van der Waals surface area contributed by atoms with Crippen LogP contribution >= 0.6 is 0 Å². The third kappa shape index (κ3) is 4.96. The lowest BCUT2D eigenvalue weighted by Gasteiger charge is -2.31. The molecule has 1 fully saturated rings. The third-order valence-electron chi connectivity index (χ3n) is 3.98. The number of rotatable bonds is 5. The van der Waals surface area contributed by atoms with Crippen molar-refractivity contribution in [3.8, 4) is 6.07 Å². The minimum Gasteiger partial charge on any atom is -0.308 e. The normalized spacial score (nSPS) is 26.9. The topological polar surface area (TPSA) is 39.1 Å². The van der Waals surface area contributed by atoms with Gasteiger partial charge in [0.2, 0.25) is 0 Å². The molecule has 18 heavy (non-hydrogen) atoms. The summed E-state index contributed by atoms with van der Waals surface area (Å²) in [5.41, 5.74) is 0. The molecule has 3 heteroatoms. The van der Waals surface area contributed by atoms with Crippen molar-refractivity contribution < 1.29 is 0 Å². The highest BCUT2D eigenvalue weighted by atomic mass is 15.1. The molecular formula is C15H29N3. The van der Waals surface area contributed by atoms with Crippen molar-refractivity contribution >= 4 is 0 Å². The Labute approximate surface area is 113 Å². The zero-order valence-corrected chi connectivity index (χ0v) is 12.4. The third-order valence-corrected chi connectivity index (χ3v) is 3.98. The summed E-state index contributed by atoms with van der Waals surface area (Å²) >= 11 is 0. The highest BCUT2D eigenvalue weighted by molar-refractivity contribution is 4.95. The fourth-order valence-corrected chi connectivity index (χ4v) is 2.79. The summed E-state index contributed by atoms with van der Waals surface area (Å²) in [6, 6.07) is 3.39. The number of nitriles is 1. The first kappa shape index (κ1) is 15.5. The summed E-state index contributed by atoms with van der Waals surface area (Å²) in [7, 11) is 4.23. The number of likely N-dealkylation sites (N-methyl/N-ethyl adjacent to an activating group) is 1. The molecule has 1 aliphatic rings. The van der Waals surface area contributed by atoms with E-state index in [9.17, 15) is 5.26 Å². The van der Waals surface area contributed by atoms with E-state index < -0.39 is 0 Å². The lowest BCUT2D eigenvalue weighted by Crippen LogP contribution is -2.49. The molecule has 3 unspecified atom stereocenters. The Balaban J connectivity index is 2.62. The van der Waals surface area contributed by atoms with E-state index in [0.717, 1.165) is 19.4 Å². The van der Waals surface area contributed by atoms with Gasteiger partial charge in [-0.25, -0.2) is 0 Å². The van der Waals surface area contributed by atoms with Crippen LogP contribution in [0.2, 0.25) is 0 Å². The zero-order chi connectivity index (χ0) is 13.5. The Bertz CT molecular complexity index is 267. The highest BCUT2D eigenvalue weighted by Gasteiger charge is 2.26. The molecule has 0 bridgehead atoms. The predicted octanol–water partition coefficient (Wildman–Crippen LogP) is 2.63. The Morgan fingerprint density at radius 2 is 1.89 bits per heavy atom. The van der Waals surface area contributed by atoms with Crippen molar-refractivity contribution in [2.75, 3.05) is 20.6 Å². The molecule has 1 saturated carbocycles. The van der Waals surface area contributed by atoms with E-state index in [2.05, 4.69) is 44.2 Å². The van der Waals surface area contributed by atoms with Crippen LogP contribution in [-0.2, 0) is 0 Å². The Kier molecular flexibility index (Phi) is 6.67. The molecule has 0 aromatic rings. The fraction of sp³-hybridized carbons (Fsp3) is 0.933. The maximum absolute atomic E-state index is 9.32. The van der Waals surface area contributed by atoms with Gasteiger partial charge in [-0.1, -0.05) is 33.1 Å². The van der Waals surface area contributed by atoms with Gasteiger partial charge >= 0.3 is 0 Å². The molecule has 0 aromatic heterocycles. The Morgan fingerprint density at radius 1 is 1.22 bits per heavy atom. The van der Waals surface area contributed by atoms with Crippen LogP contribution < -0.4 is 5.32 Å². The molecule has 0 aromatic carbocycles. The van der Waals surface area contributed by atoms with Gasteiger partial charge in [-0.3, -0.25) is 0 Å². The molecule has 104 valence electrons. The molecule has 3 nitrogen and oxygen atoms in total. The molecule has 1 N–H and O–H groups in total. The van der Waals surface area contributed by atoms with Crippen LogP contribution in [0.5, 0.6) is 0 Å². The average Bonchev–Trinajstić information content (AvgIpc) is 2.52. The lowest BCUT2D eigenvalue weighted by atomic mass is 9.93. The molecule has 0 radical (unpaired) electrons. The van der Waals surface area contributed by atoms with E-state index in [0.29, 0.717) is 18.0 Å². The maximum Gasteiger partial charge on any atom is 0.0672 e. The summed E-state index contributed by atoms with van der Waals surface area (Å²) in [6.45, 7) is 5.57. The first-order chi connectivity index (χ1) is 8.54. The van der Waals surface area contributed by atoms with Crippen LogP contribution in [0.1, 0.15) is 46.0 Å². The van der Waals surface area contributed by atoms with E-state index in [4.69, 9.17) is 0 Å². The van der Waals surface area contributed by atoms with Gasteiger partial charge in [-0.2, -0.15) is 5.26 Å². The summed E-state index contributed by atoms with van der Waals surface area (Å²) < 4.78 is 0. The van der Waals surface area contributed by atoms with Crippen LogP contribution in [0.4, 0.5) is 0 Å². The molecule has 1 rings (SSSR count). The van der Waals surface area contributed by atoms with Gasteiger partial charge in [-0.05, 0) is 32.9 Å². The first-order valence-electron chi connectivity index (χ1n) is 7.35. The van der Waals surface area contributed by atoms with Crippen molar-refractivity contribution in [2.45, 2.75) is 58.0 Å². The van der Waals surface area contributed by atoms with Crippen LogP contribution in [0.15, 0.2) is 0 Å². The van der Waals surface area contributed by atoms with Crippen molar-refractivity contribution in [2.24, 2.45) is 11.8 Å². The maximum atomic E-state index is 9.32. The number of nitrogens with one attached hydrogen (secondary N) is 1. The Morgan fingerprint density at radius 3 is 2.44 bits per heavy atom. The van der Waals surface area contributed by atoms with Gasteiger partial charge in [0.05, 0.1) is 12.0 Å². The number of nitrogens with zero attached hydrogens (tertiary/aromatic N) is 2. The van der Waals surface area contributed by atoms with E-state index in [1.54, 1.807) is 0 Å². The molecule has 3 atom stereocenters. The smallest absolute Gasteiger partial charge is 0.0672 e. The van der Waals surface area contributed by atoms with Gasteiger partial charge in [0.1, 0.15) is 0 Å². The van der Waals surface area contributed by atoms with Crippen LogP contribution in [-0.4, -0.2) is 37.6 Å². The van der Waals surface area contributed by atoms with Gasteiger partial charge in [0.25, 0.3) is 0 Å². The molecule has 1 aliphatic carbocycles. The van der Waals surface area contributed by atoms with Crippen LogP contribution in [0.25, 0.3) is 0 Å². The quantitative estimate of drug-likeness (QED) is 0.764. The minimum atomic E-state index is 0.205. The van der Waals surface area contributed by atoms with Gasteiger partial charge in [0, 0.05) is 18.6 Å². The van der Waals surface area contributed by atoms with E-state index in [-0.39, 0.29) is 5.92 Å². The second-order valence-electron chi connectivity index (χ2n) is 6.26. The Hall–Kier alpha value is -0.590. The largest absolute Gasteiger partial charge is 0.308 e. The van der Waals surface area contributed by atoms with Crippen molar-refractivity contribution in [1.82, 2.24) is 10.2 Å². The highest BCUT2D eigenvalue weighted by Crippen LogP contribution is 2.24. The SMILES string of the molecule is CC(C)C(CN(C)C)NC1CCCCCC1C#N. The second kappa shape index (κ2) is 7.76. The first-order valence-corrected chi connectivity index (χ1v) is 7.35. The summed E-state index contributed by atoms with van der Waals surface area (Å²) in [5.74, 6) is 0.811. The van der Waals surface area contributed by atoms with Crippen LogP contribution in [0.3, 0.4) is 0 Å². The lowest BCUT2D eigenvalue weighted by molar-refractivity contribution is 0.246. The monoisotopic (exact) mass is 251 g/mol. The van der Waals surface area contributed by atoms with Gasteiger partial charge in [-0.15, -0.1) is 0 Å². The van der Waals surface area contributed by atoms with E-state index in [1.165, 1.54) is 19.3 Å². The second-order valence-corrected chi connectivity index (χ2v) is 6.26. The number of hydrogen-bond acceptors (Lipinski definition) is 3. The fourth-order valence-electron chi connectivity index (χ4n) is 2.79. The van der Waals surface area contributed by atoms with Crippen molar-refractivity contribution in [1.29, 1.82) is 5.26 Å². The van der Waals surface area contributed by atoms with Crippen molar-refractivity contribution in [3.05, 3.63) is 0 Å². The van der Waals surface area contributed by atoms with Crippen LogP contribution in [0, 0.1) is 23.2 Å². The van der Waals surface area contributed by atoms with Gasteiger partial charge in [0.15, 0.2) is 0 Å². The molecule has 0 saturated heterocycles. The summed E-state index contributed by atoms with van der Waals surface area (Å²) in [6.07, 6.45) is 6.01. The molecule has 0 spiro atoms. The van der Waals surface area contributed by atoms with E-state index >= 15 is 0 Å². The predicted molar refractivity (Wildman–Crippen MR) is 76.3 cm³/mol. The van der Waals surface area contributed by atoms with Gasteiger partial charge < -0.3 is 10.2 Å². The molecule has 0 aliphatic heterocycles. The molecular weight excluding hydrogens is 222 g/mol. The summed E-state index contributed by atoms with van der Waals surface area (Å²) in [5, 5.41) is 13.1. The van der Waals surface area contributed by atoms with E-state index in [1.807, 2.05) is 0 Å². The molecule has 0 amide bonds. The molecule has 0 heterocycles. The number of hydrogen-bond donors (Lipinski definition) is 1. The minimum absolute atomic E-state index is 0.205.